The number of carbonyl (C=O) groups excluding carboxylic acids is 1. The maximum Gasteiger partial charge on any atom is 0.171 e. The molecule has 0 bridgehead atoms. The van der Waals surface area contributed by atoms with Gasteiger partial charge in [0.05, 0.1) is 41.5 Å². The van der Waals surface area contributed by atoms with Crippen LogP contribution in [0.4, 0.5) is 0 Å². The molecule has 0 aromatic heterocycles. The third kappa shape index (κ3) is 3.62. The molecule has 0 saturated carbocycles. The van der Waals surface area contributed by atoms with Crippen molar-refractivity contribution >= 4 is 5.78 Å². The van der Waals surface area contributed by atoms with Gasteiger partial charge in [-0.1, -0.05) is 12.1 Å². The first-order valence-electron chi connectivity index (χ1n) is 10.2. The van der Waals surface area contributed by atoms with Crippen LogP contribution in [0.1, 0.15) is 38.9 Å². The first-order valence-corrected chi connectivity index (χ1v) is 10.2. The van der Waals surface area contributed by atoms with Gasteiger partial charge in [0.15, 0.2) is 5.78 Å². The highest BCUT2D eigenvalue weighted by Crippen LogP contribution is 2.53. The lowest BCUT2D eigenvalue weighted by Crippen LogP contribution is -2.13. The van der Waals surface area contributed by atoms with Crippen LogP contribution in [0.5, 0.6) is 28.7 Å². The van der Waals surface area contributed by atoms with Crippen molar-refractivity contribution in [1.29, 1.82) is 0 Å². The fourth-order valence-electron chi connectivity index (χ4n) is 4.42. The van der Waals surface area contributed by atoms with Crippen LogP contribution in [0.15, 0.2) is 54.6 Å². The zero-order valence-electron chi connectivity index (χ0n) is 18.8. The Kier molecular flexibility index (Phi) is 5.95. The molecule has 0 amide bonds. The molecule has 32 heavy (non-hydrogen) atoms. The third-order valence-corrected chi connectivity index (χ3v) is 5.97. The molecule has 4 rings (SSSR count). The molecule has 0 radical (unpaired) electrons. The van der Waals surface area contributed by atoms with E-state index in [9.17, 15) is 4.79 Å². The quantitative estimate of drug-likeness (QED) is 0.530. The third-order valence-electron chi connectivity index (χ3n) is 5.97. The van der Waals surface area contributed by atoms with Gasteiger partial charge in [0, 0.05) is 29.2 Å². The Balaban J connectivity index is 1.97. The fraction of sp³-hybridized carbons (Fsp3) is 0.269. The Morgan fingerprint density at radius 3 is 1.66 bits per heavy atom. The summed E-state index contributed by atoms with van der Waals surface area (Å²) in [6, 6.07) is 16.9. The smallest absolute Gasteiger partial charge is 0.171 e. The monoisotopic (exact) mass is 434 g/mol. The fourth-order valence-corrected chi connectivity index (χ4v) is 4.42. The van der Waals surface area contributed by atoms with E-state index in [-0.39, 0.29) is 11.7 Å². The summed E-state index contributed by atoms with van der Waals surface area (Å²) in [4.78, 5) is 13.8. The lowest BCUT2D eigenvalue weighted by molar-refractivity contribution is 0.0968. The predicted octanol–water partition coefficient (Wildman–Crippen LogP) is 4.84. The normalized spacial score (nSPS) is 17.0. The van der Waals surface area contributed by atoms with E-state index in [1.807, 2.05) is 48.5 Å². The summed E-state index contributed by atoms with van der Waals surface area (Å²) >= 11 is 0. The minimum atomic E-state index is -0.450. The van der Waals surface area contributed by atoms with Crippen LogP contribution >= 0.6 is 0 Å². The molecule has 3 aromatic carbocycles. The Morgan fingerprint density at radius 2 is 1.12 bits per heavy atom. The molecule has 3 aromatic rings. The highest BCUT2D eigenvalue weighted by atomic mass is 16.5. The standard InChI is InChI=1S/C26H26O6/c1-28-17-8-6-15(7-9-17)24-23(16-10-18(29-2)12-19(11-16)30-3)25-21(26(24)27)13-20(31-4)14-22(25)32-5/h6-14,23-24H,1-5H3/t23-,24?/m1/s1. The highest BCUT2D eigenvalue weighted by Gasteiger charge is 2.44. The van der Waals surface area contributed by atoms with Crippen LogP contribution in [-0.4, -0.2) is 41.3 Å². The van der Waals surface area contributed by atoms with E-state index in [2.05, 4.69) is 0 Å². The van der Waals surface area contributed by atoms with Gasteiger partial charge in [-0.05, 0) is 41.5 Å². The molecule has 0 saturated heterocycles. The second-order valence-electron chi connectivity index (χ2n) is 7.53. The van der Waals surface area contributed by atoms with E-state index in [1.165, 1.54) is 0 Å². The topological polar surface area (TPSA) is 63.2 Å². The van der Waals surface area contributed by atoms with Gasteiger partial charge < -0.3 is 23.7 Å². The number of ether oxygens (including phenoxy) is 5. The van der Waals surface area contributed by atoms with Crippen LogP contribution in [0.2, 0.25) is 0 Å². The number of ketones is 1. The van der Waals surface area contributed by atoms with Crippen molar-refractivity contribution in [2.45, 2.75) is 11.8 Å². The van der Waals surface area contributed by atoms with Crippen molar-refractivity contribution in [3.63, 3.8) is 0 Å². The SMILES string of the molecule is COc1ccc(C2C(=O)c3cc(OC)cc(OC)c3[C@@H]2c2cc(OC)cc(OC)c2)cc1. The van der Waals surface area contributed by atoms with Gasteiger partial charge in [-0.2, -0.15) is 0 Å². The van der Waals surface area contributed by atoms with Crippen molar-refractivity contribution in [3.05, 3.63) is 76.9 Å². The van der Waals surface area contributed by atoms with E-state index >= 15 is 0 Å². The molecule has 0 fully saturated rings. The van der Waals surface area contributed by atoms with Crippen molar-refractivity contribution in [1.82, 2.24) is 0 Å². The number of carbonyl (C=O) groups is 1. The van der Waals surface area contributed by atoms with E-state index in [0.717, 1.165) is 22.4 Å². The summed E-state index contributed by atoms with van der Waals surface area (Å²) in [5.41, 5.74) is 3.21. The molecule has 2 atom stereocenters. The number of fused-ring (bicyclic) bond motifs is 1. The largest absolute Gasteiger partial charge is 0.497 e. The molecular weight excluding hydrogens is 408 g/mol. The van der Waals surface area contributed by atoms with Gasteiger partial charge in [-0.3, -0.25) is 4.79 Å². The first-order chi connectivity index (χ1) is 15.5. The minimum Gasteiger partial charge on any atom is -0.497 e. The van der Waals surface area contributed by atoms with E-state index in [1.54, 1.807) is 41.6 Å². The van der Waals surface area contributed by atoms with Crippen molar-refractivity contribution in [2.75, 3.05) is 35.5 Å². The van der Waals surface area contributed by atoms with Gasteiger partial charge in [-0.15, -0.1) is 0 Å². The van der Waals surface area contributed by atoms with Crippen LogP contribution in [0.3, 0.4) is 0 Å². The van der Waals surface area contributed by atoms with Gasteiger partial charge in [-0.25, -0.2) is 0 Å². The second-order valence-corrected chi connectivity index (χ2v) is 7.53. The molecule has 0 heterocycles. The van der Waals surface area contributed by atoms with Gasteiger partial charge in [0.2, 0.25) is 0 Å². The van der Waals surface area contributed by atoms with Crippen LogP contribution in [0.25, 0.3) is 0 Å². The summed E-state index contributed by atoms with van der Waals surface area (Å²) in [5.74, 6) is 2.48. The van der Waals surface area contributed by atoms with Crippen LogP contribution in [0, 0.1) is 0 Å². The number of rotatable bonds is 7. The minimum absolute atomic E-state index is 0.00848. The zero-order valence-corrected chi connectivity index (χ0v) is 18.8. The molecule has 0 aliphatic heterocycles. The summed E-state index contributed by atoms with van der Waals surface area (Å²) in [6.45, 7) is 0. The van der Waals surface area contributed by atoms with Crippen molar-refractivity contribution < 1.29 is 28.5 Å². The Hall–Kier alpha value is -3.67. The average Bonchev–Trinajstić information content (AvgIpc) is 3.15. The number of hydrogen-bond donors (Lipinski definition) is 0. The number of Topliss-reactive ketones (excluding diaryl/α,β-unsaturated/α-hetero) is 1. The highest BCUT2D eigenvalue weighted by molar-refractivity contribution is 6.08. The molecule has 0 N–H and O–H groups in total. The number of benzene rings is 3. The summed E-state index contributed by atoms with van der Waals surface area (Å²) < 4.78 is 27.5. The summed E-state index contributed by atoms with van der Waals surface area (Å²) in [7, 11) is 8.01. The average molecular weight is 434 g/mol. The number of hydrogen-bond acceptors (Lipinski definition) is 6. The van der Waals surface area contributed by atoms with Crippen molar-refractivity contribution in [2.24, 2.45) is 0 Å². The molecule has 1 aliphatic carbocycles. The molecular formula is C26H26O6. The van der Waals surface area contributed by atoms with E-state index in [0.29, 0.717) is 28.6 Å². The number of methoxy groups -OCH3 is 5. The lowest BCUT2D eigenvalue weighted by atomic mass is 9.81. The predicted molar refractivity (Wildman–Crippen MR) is 121 cm³/mol. The zero-order chi connectivity index (χ0) is 22.8. The Bertz CT molecular complexity index is 1110. The summed E-state index contributed by atoms with van der Waals surface area (Å²) in [5, 5.41) is 0. The molecule has 166 valence electrons. The first kappa shape index (κ1) is 21.6. The summed E-state index contributed by atoms with van der Waals surface area (Å²) in [6.07, 6.45) is 0. The van der Waals surface area contributed by atoms with E-state index < -0.39 is 5.92 Å². The molecule has 6 nitrogen and oxygen atoms in total. The molecule has 1 unspecified atom stereocenters. The van der Waals surface area contributed by atoms with Crippen LogP contribution < -0.4 is 23.7 Å². The Morgan fingerprint density at radius 1 is 0.562 bits per heavy atom. The van der Waals surface area contributed by atoms with Gasteiger partial charge in [0.25, 0.3) is 0 Å². The maximum atomic E-state index is 13.8. The second kappa shape index (κ2) is 8.83. The van der Waals surface area contributed by atoms with Crippen LogP contribution in [-0.2, 0) is 0 Å². The molecule has 6 heteroatoms. The van der Waals surface area contributed by atoms with Gasteiger partial charge >= 0.3 is 0 Å². The Labute approximate surface area is 187 Å². The van der Waals surface area contributed by atoms with E-state index in [4.69, 9.17) is 23.7 Å². The molecule has 1 aliphatic rings. The van der Waals surface area contributed by atoms with Gasteiger partial charge in [0.1, 0.15) is 28.7 Å². The lowest BCUT2D eigenvalue weighted by Gasteiger charge is -2.23. The van der Waals surface area contributed by atoms with Crippen molar-refractivity contribution in [3.8, 4) is 28.7 Å². The molecule has 0 spiro atoms. The maximum absolute atomic E-state index is 13.8.